The standard InChI is InChI=1S/C22H38O5/c1-2-3-4-5-6-7-8-9-10-11-12-13-14-15-16-17-21(25)27-22(26)19-18-20(23)24/h18-19H,2-17H2,1H3,(H,23,24)/b19-18-. The van der Waals surface area contributed by atoms with Crippen LogP contribution in [0.4, 0.5) is 0 Å². The van der Waals surface area contributed by atoms with Gasteiger partial charge in [0.05, 0.1) is 0 Å². The lowest BCUT2D eigenvalue weighted by Gasteiger charge is -2.03. The molecule has 0 atom stereocenters. The lowest BCUT2D eigenvalue weighted by atomic mass is 10.0. The zero-order chi connectivity index (χ0) is 20.2. The minimum absolute atomic E-state index is 0.199. The maximum Gasteiger partial charge on any atom is 0.338 e. The molecular weight excluding hydrogens is 344 g/mol. The molecule has 0 saturated carbocycles. The van der Waals surface area contributed by atoms with Gasteiger partial charge in [0.1, 0.15) is 0 Å². The van der Waals surface area contributed by atoms with Crippen molar-refractivity contribution in [2.75, 3.05) is 0 Å². The molecule has 0 aromatic carbocycles. The Bertz CT molecular complexity index is 428. The van der Waals surface area contributed by atoms with E-state index in [4.69, 9.17) is 5.11 Å². The second-order valence-corrected chi connectivity index (χ2v) is 7.16. The fourth-order valence-electron chi connectivity index (χ4n) is 2.98. The molecule has 0 aliphatic carbocycles. The average Bonchev–Trinajstić information content (AvgIpc) is 2.63. The van der Waals surface area contributed by atoms with Crippen LogP contribution in [0.3, 0.4) is 0 Å². The van der Waals surface area contributed by atoms with Gasteiger partial charge in [-0.3, -0.25) is 4.79 Å². The first kappa shape index (κ1) is 25.4. The zero-order valence-electron chi connectivity index (χ0n) is 17.0. The smallest absolute Gasteiger partial charge is 0.338 e. The predicted molar refractivity (Wildman–Crippen MR) is 107 cm³/mol. The van der Waals surface area contributed by atoms with Gasteiger partial charge >= 0.3 is 17.9 Å². The summed E-state index contributed by atoms with van der Waals surface area (Å²) in [6.07, 6.45) is 20.4. The summed E-state index contributed by atoms with van der Waals surface area (Å²) in [7, 11) is 0. The summed E-state index contributed by atoms with van der Waals surface area (Å²) in [6, 6.07) is 0. The molecule has 0 aliphatic heterocycles. The van der Waals surface area contributed by atoms with Gasteiger partial charge < -0.3 is 9.84 Å². The molecule has 5 nitrogen and oxygen atoms in total. The molecule has 0 heterocycles. The van der Waals surface area contributed by atoms with Crippen molar-refractivity contribution in [3.8, 4) is 0 Å². The first-order valence-electron chi connectivity index (χ1n) is 10.7. The number of hydrogen-bond donors (Lipinski definition) is 1. The summed E-state index contributed by atoms with van der Waals surface area (Å²) in [5.74, 6) is -2.77. The van der Waals surface area contributed by atoms with Gasteiger partial charge in [0.15, 0.2) is 0 Å². The van der Waals surface area contributed by atoms with Crippen molar-refractivity contribution in [2.24, 2.45) is 0 Å². The maximum absolute atomic E-state index is 11.4. The Hall–Kier alpha value is -1.65. The number of rotatable bonds is 18. The Morgan fingerprint density at radius 2 is 1.07 bits per heavy atom. The molecular formula is C22H38O5. The van der Waals surface area contributed by atoms with Crippen molar-refractivity contribution in [3.63, 3.8) is 0 Å². The molecule has 0 bridgehead atoms. The molecule has 0 amide bonds. The molecule has 0 fully saturated rings. The monoisotopic (exact) mass is 382 g/mol. The normalized spacial score (nSPS) is 11.0. The summed E-state index contributed by atoms with van der Waals surface area (Å²) < 4.78 is 4.49. The number of carboxylic acids is 1. The minimum Gasteiger partial charge on any atom is -0.478 e. The van der Waals surface area contributed by atoms with E-state index < -0.39 is 17.9 Å². The van der Waals surface area contributed by atoms with E-state index in [1.807, 2.05) is 0 Å². The lowest BCUT2D eigenvalue weighted by Crippen LogP contribution is -2.10. The first-order valence-corrected chi connectivity index (χ1v) is 10.7. The molecule has 1 N–H and O–H groups in total. The number of carboxylic acid groups (broad SMARTS) is 1. The number of hydrogen-bond acceptors (Lipinski definition) is 4. The largest absolute Gasteiger partial charge is 0.478 e. The van der Waals surface area contributed by atoms with Crippen LogP contribution in [-0.4, -0.2) is 23.0 Å². The quantitative estimate of drug-likeness (QED) is 0.137. The number of carbonyl (C=O) groups is 3. The second kappa shape index (κ2) is 19.1. The van der Waals surface area contributed by atoms with E-state index in [2.05, 4.69) is 11.7 Å². The molecule has 0 aromatic heterocycles. The van der Waals surface area contributed by atoms with Crippen LogP contribution < -0.4 is 0 Å². The van der Waals surface area contributed by atoms with Crippen molar-refractivity contribution >= 4 is 17.9 Å². The number of aliphatic carboxylic acids is 1. The average molecular weight is 383 g/mol. The third kappa shape index (κ3) is 20.5. The fourth-order valence-corrected chi connectivity index (χ4v) is 2.98. The van der Waals surface area contributed by atoms with Crippen LogP contribution in [0.5, 0.6) is 0 Å². The van der Waals surface area contributed by atoms with E-state index in [1.165, 1.54) is 77.0 Å². The van der Waals surface area contributed by atoms with Gasteiger partial charge in [-0.05, 0) is 6.42 Å². The van der Waals surface area contributed by atoms with Gasteiger partial charge in [-0.15, -0.1) is 0 Å². The van der Waals surface area contributed by atoms with Crippen LogP contribution in [0.2, 0.25) is 0 Å². The lowest BCUT2D eigenvalue weighted by molar-refractivity contribution is -0.156. The van der Waals surface area contributed by atoms with E-state index >= 15 is 0 Å². The van der Waals surface area contributed by atoms with Crippen LogP contribution in [0.15, 0.2) is 12.2 Å². The SMILES string of the molecule is CCCCCCCCCCCCCCCCCC(=O)OC(=O)/C=C\C(=O)O. The van der Waals surface area contributed by atoms with Crippen molar-refractivity contribution in [2.45, 2.75) is 110 Å². The van der Waals surface area contributed by atoms with Crippen molar-refractivity contribution in [1.82, 2.24) is 0 Å². The second-order valence-electron chi connectivity index (χ2n) is 7.16. The van der Waals surface area contributed by atoms with Crippen LogP contribution >= 0.6 is 0 Å². The molecule has 0 aromatic rings. The van der Waals surface area contributed by atoms with E-state index in [0.717, 1.165) is 18.9 Å². The van der Waals surface area contributed by atoms with Gasteiger partial charge in [-0.1, -0.05) is 96.8 Å². The first-order chi connectivity index (χ1) is 13.1. The molecule has 27 heavy (non-hydrogen) atoms. The maximum atomic E-state index is 11.4. The number of ether oxygens (including phenoxy) is 1. The van der Waals surface area contributed by atoms with Crippen LogP contribution in [0.1, 0.15) is 110 Å². The summed E-state index contributed by atoms with van der Waals surface area (Å²) >= 11 is 0. The fraction of sp³-hybridized carbons (Fsp3) is 0.773. The Balaban J connectivity index is 3.29. The molecule has 0 rings (SSSR count). The molecule has 0 unspecified atom stereocenters. The molecule has 5 heteroatoms. The summed E-state index contributed by atoms with van der Waals surface area (Å²) in [4.78, 5) is 32.8. The van der Waals surface area contributed by atoms with Crippen molar-refractivity contribution in [1.29, 1.82) is 0 Å². The third-order valence-electron chi connectivity index (χ3n) is 4.56. The molecule has 0 saturated heterocycles. The molecule has 0 aliphatic rings. The summed E-state index contributed by atoms with van der Waals surface area (Å²) in [5.41, 5.74) is 0. The van der Waals surface area contributed by atoms with E-state index in [0.29, 0.717) is 12.5 Å². The minimum atomic E-state index is -1.25. The van der Waals surface area contributed by atoms with Crippen molar-refractivity contribution in [3.05, 3.63) is 12.2 Å². The van der Waals surface area contributed by atoms with E-state index in [1.54, 1.807) is 0 Å². The Labute approximate surface area is 164 Å². The van der Waals surface area contributed by atoms with Crippen molar-refractivity contribution < 1.29 is 24.2 Å². The van der Waals surface area contributed by atoms with E-state index in [9.17, 15) is 14.4 Å². The number of unbranched alkanes of at least 4 members (excludes halogenated alkanes) is 14. The summed E-state index contributed by atoms with van der Waals surface area (Å²) in [6.45, 7) is 2.25. The summed E-state index contributed by atoms with van der Waals surface area (Å²) in [5, 5.41) is 8.37. The van der Waals surface area contributed by atoms with E-state index in [-0.39, 0.29) is 6.42 Å². The van der Waals surface area contributed by atoms with Crippen LogP contribution in [0.25, 0.3) is 0 Å². The Morgan fingerprint density at radius 3 is 1.48 bits per heavy atom. The van der Waals surface area contributed by atoms with Gasteiger partial charge in [-0.25, -0.2) is 9.59 Å². The highest BCUT2D eigenvalue weighted by Crippen LogP contribution is 2.13. The molecule has 0 spiro atoms. The van der Waals surface area contributed by atoms with Gasteiger partial charge in [0, 0.05) is 18.6 Å². The van der Waals surface area contributed by atoms with Crippen LogP contribution in [0, 0.1) is 0 Å². The van der Waals surface area contributed by atoms with Gasteiger partial charge in [-0.2, -0.15) is 0 Å². The molecule has 0 radical (unpaired) electrons. The van der Waals surface area contributed by atoms with Crippen LogP contribution in [-0.2, 0) is 19.1 Å². The Kier molecular flexibility index (Phi) is 18.0. The number of esters is 2. The predicted octanol–water partition coefficient (Wildman–Crippen LogP) is 5.96. The molecule has 156 valence electrons. The highest BCUT2D eigenvalue weighted by molar-refractivity contribution is 5.95. The number of carbonyl (C=O) groups excluding carboxylic acids is 2. The zero-order valence-corrected chi connectivity index (χ0v) is 17.0. The Morgan fingerprint density at radius 1 is 0.667 bits per heavy atom. The third-order valence-corrected chi connectivity index (χ3v) is 4.56. The van der Waals surface area contributed by atoms with Gasteiger partial charge in [0.25, 0.3) is 0 Å². The highest BCUT2D eigenvalue weighted by atomic mass is 16.6. The topological polar surface area (TPSA) is 80.7 Å². The van der Waals surface area contributed by atoms with Gasteiger partial charge in [0.2, 0.25) is 0 Å². The highest BCUT2D eigenvalue weighted by Gasteiger charge is 2.07.